The minimum atomic E-state index is -0.262. The summed E-state index contributed by atoms with van der Waals surface area (Å²) in [6, 6.07) is 7.60. The van der Waals surface area contributed by atoms with E-state index >= 15 is 0 Å². The summed E-state index contributed by atoms with van der Waals surface area (Å²) < 4.78 is 10.4. The smallest absolute Gasteiger partial charge is 0.253 e. The molecule has 0 saturated carbocycles. The van der Waals surface area contributed by atoms with E-state index in [1.165, 1.54) is 7.11 Å². The number of aryl methyl sites for hydroxylation is 2. The Kier molecular flexibility index (Phi) is 4.66. The number of methoxy groups -OCH3 is 1. The second kappa shape index (κ2) is 7.01. The van der Waals surface area contributed by atoms with Crippen LogP contribution in [0.2, 0.25) is 0 Å². The summed E-state index contributed by atoms with van der Waals surface area (Å²) in [5.74, 6) is 0.961. The van der Waals surface area contributed by atoms with Crippen molar-refractivity contribution in [3.05, 3.63) is 47.1 Å². The molecule has 2 aliphatic heterocycles. The first-order valence-electron chi connectivity index (χ1n) is 9.35. The Balaban J connectivity index is 1.54. The summed E-state index contributed by atoms with van der Waals surface area (Å²) >= 11 is 0. The van der Waals surface area contributed by atoms with Crippen LogP contribution >= 0.6 is 0 Å². The lowest BCUT2D eigenvalue weighted by Gasteiger charge is -2.50. The van der Waals surface area contributed by atoms with Crippen LogP contribution in [0.3, 0.4) is 0 Å². The molecule has 28 heavy (non-hydrogen) atoms. The van der Waals surface area contributed by atoms with Crippen molar-refractivity contribution in [2.24, 2.45) is 5.41 Å². The molecule has 0 radical (unpaired) electrons. The molecular formula is C20H24N4O4. The molecule has 1 atom stereocenters. The second-order valence-corrected chi connectivity index (χ2v) is 7.83. The van der Waals surface area contributed by atoms with Crippen LogP contribution in [-0.4, -0.2) is 71.7 Å². The number of hydrogen-bond donors (Lipinski definition) is 0. The van der Waals surface area contributed by atoms with E-state index < -0.39 is 0 Å². The van der Waals surface area contributed by atoms with E-state index in [-0.39, 0.29) is 29.8 Å². The maximum atomic E-state index is 12.9. The van der Waals surface area contributed by atoms with Crippen molar-refractivity contribution in [2.75, 3.05) is 39.9 Å². The van der Waals surface area contributed by atoms with Crippen molar-refractivity contribution in [1.29, 1.82) is 0 Å². The molecule has 8 nitrogen and oxygen atoms in total. The molecule has 1 spiro atoms. The van der Waals surface area contributed by atoms with Gasteiger partial charge in [0.1, 0.15) is 6.61 Å². The fourth-order valence-electron chi connectivity index (χ4n) is 4.31. The molecule has 2 aliphatic rings. The highest BCUT2D eigenvalue weighted by atomic mass is 16.5. The van der Waals surface area contributed by atoms with E-state index in [4.69, 9.17) is 9.26 Å². The molecule has 2 saturated heterocycles. The van der Waals surface area contributed by atoms with E-state index in [1.54, 1.807) is 11.8 Å². The zero-order chi connectivity index (χ0) is 19.9. The number of carbonyl (C=O) groups excluding carboxylic acids is 2. The van der Waals surface area contributed by atoms with Crippen LogP contribution in [0.15, 0.2) is 28.8 Å². The van der Waals surface area contributed by atoms with Crippen molar-refractivity contribution in [3.8, 4) is 0 Å². The molecule has 1 aromatic heterocycles. The van der Waals surface area contributed by atoms with Gasteiger partial charge in [-0.3, -0.25) is 9.59 Å². The molecule has 0 N–H and O–H groups in total. The average Bonchev–Trinajstić information content (AvgIpc) is 3.24. The molecule has 2 amide bonds. The van der Waals surface area contributed by atoms with Crippen molar-refractivity contribution >= 4 is 11.8 Å². The Morgan fingerprint density at radius 3 is 2.64 bits per heavy atom. The SMILES string of the molecule is COCC(=O)N1CC(c2nc(C)no2)C2(C1)CN(C(=O)c1cccc(C)c1)C2. The van der Waals surface area contributed by atoms with Crippen LogP contribution in [0, 0.1) is 19.3 Å². The van der Waals surface area contributed by atoms with Gasteiger partial charge in [0, 0.05) is 44.3 Å². The zero-order valence-electron chi connectivity index (χ0n) is 16.3. The standard InChI is InChI=1S/C20H24N4O4/c1-13-5-4-6-15(7-13)19(26)24-11-20(12-24)10-23(17(25)9-27-3)8-16(20)18-21-14(2)22-28-18/h4-7,16H,8-12H2,1-3H3. The van der Waals surface area contributed by atoms with Crippen LogP contribution in [0.25, 0.3) is 0 Å². The lowest BCUT2D eigenvalue weighted by molar-refractivity contribution is -0.134. The predicted molar refractivity (Wildman–Crippen MR) is 99.7 cm³/mol. The third kappa shape index (κ3) is 3.17. The lowest BCUT2D eigenvalue weighted by Crippen LogP contribution is -2.61. The largest absolute Gasteiger partial charge is 0.375 e. The number of aromatic nitrogens is 2. The fourth-order valence-corrected chi connectivity index (χ4v) is 4.31. The minimum Gasteiger partial charge on any atom is -0.375 e. The third-order valence-electron chi connectivity index (χ3n) is 5.67. The van der Waals surface area contributed by atoms with E-state index in [2.05, 4.69) is 10.1 Å². The fraction of sp³-hybridized carbons (Fsp3) is 0.500. The minimum absolute atomic E-state index is 0.0106. The highest BCUT2D eigenvalue weighted by Gasteiger charge is 2.58. The monoisotopic (exact) mass is 384 g/mol. The maximum Gasteiger partial charge on any atom is 0.253 e. The lowest BCUT2D eigenvalue weighted by atomic mass is 9.71. The molecular weight excluding hydrogens is 360 g/mol. The normalized spacial score (nSPS) is 20.5. The maximum absolute atomic E-state index is 12.9. The van der Waals surface area contributed by atoms with Gasteiger partial charge in [0.05, 0.1) is 5.92 Å². The summed E-state index contributed by atoms with van der Waals surface area (Å²) in [6.07, 6.45) is 0. The molecule has 1 aromatic carbocycles. The van der Waals surface area contributed by atoms with Crippen LogP contribution in [0.5, 0.6) is 0 Å². The molecule has 8 heteroatoms. The summed E-state index contributed by atoms with van der Waals surface area (Å²) in [4.78, 5) is 33.2. The number of carbonyl (C=O) groups is 2. The van der Waals surface area contributed by atoms with E-state index in [0.29, 0.717) is 43.5 Å². The molecule has 2 aromatic rings. The predicted octanol–water partition coefficient (Wildman–Crippen LogP) is 1.40. The van der Waals surface area contributed by atoms with Crippen LogP contribution < -0.4 is 0 Å². The van der Waals surface area contributed by atoms with Crippen LogP contribution in [0.4, 0.5) is 0 Å². The van der Waals surface area contributed by atoms with E-state index in [0.717, 1.165) is 5.56 Å². The molecule has 1 unspecified atom stereocenters. The highest BCUT2D eigenvalue weighted by Crippen LogP contribution is 2.49. The summed E-state index contributed by atoms with van der Waals surface area (Å²) in [7, 11) is 1.51. The quantitative estimate of drug-likeness (QED) is 0.792. The molecule has 2 fully saturated rings. The summed E-state index contributed by atoms with van der Waals surface area (Å²) in [5, 5.41) is 3.91. The van der Waals surface area contributed by atoms with Gasteiger partial charge in [-0.1, -0.05) is 22.9 Å². The number of ether oxygens (including phenoxy) is 1. The Labute approximate surface area is 163 Å². The molecule has 3 heterocycles. The number of rotatable bonds is 4. The molecule has 0 aliphatic carbocycles. The van der Waals surface area contributed by atoms with Crippen LogP contribution in [-0.2, 0) is 9.53 Å². The van der Waals surface area contributed by atoms with Gasteiger partial charge in [-0.2, -0.15) is 4.98 Å². The van der Waals surface area contributed by atoms with E-state index in [9.17, 15) is 9.59 Å². The van der Waals surface area contributed by atoms with Gasteiger partial charge < -0.3 is 19.1 Å². The van der Waals surface area contributed by atoms with Gasteiger partial charge in [-0.05, 0) is 26.0 Å². The number of amides is 2. The second-order valence-electron chi connectivity index (χ2n) is 7.83. The van der Waals surface area contributed by atoms with E-state index in [1.807, 2.05) is 36.1 Å². The highest BCUT2D eigenvalue weighted by molar-refractivity contribution is 5.95. The van der Waals surface area contributed by atoms with Crippen molar-refractivity contribution in [3.63, 3.8) is 0 Å². The van der Waals surface area contributed by atoms with Gasteiger partial charge in [-0.15, -0.1) is 0 Å². The molecule has 0 bridgehead atoms. The number of nitrogens with zero attached hydrogens (tertiary/aromatic N) is 4. The zero-order valence-corrected chi connectivity index (χ0v) is 16.3. The first-order chi connectivity index (χ1) is 13.4. The first kappa shape index (κ1) is 18.6. The molecule has 4 rings (SSSR count). The Morgan fingerprint density at radius 1 is 1.25 bits per heavy atom. The van der Waals surface area contributed by atoms with Gasteiger partial charge in [0.15, 0.2) is 5.82 Å². The average molecular weight is 384 g/mol. The third-order valence-corrected chi connectivity index (χ3v) is 5.67. The van der Waals surface area contributed by atoms with Gasteiger partial charge in [0.25, 0.3) is 5.91 Å². The van der Waals surface area contributed by atoms with Gasteiger partial charge in [0.2, 0.25) is 11.8 Å². The van der Waals surface area contributed by atoms with Crippen molar-refractivity contribution in [2.45, 2.75) is 19.8 Å². The summed E-state index contributed by atoms with van der Waals surface area (Å²) in [5.41, 5.74) is 1.48. The Bertz CT molecular complexity index is 903. The molecule has 148 valence electrons. The van der Waals surface area contributed by atoms with Gasteiger partial charge in [-0.25, -0.2) is 0 Å². The van der Waals surface area contributed by atoms with Crippen molar-refractivity contribution in [1.82, 2.24) is 19.9 Å². The Morgan fingerprint density at radius 2 is 2.00 bits per heavy atom. The topological polar surface area (TPSA) is 88.8 Å². The summed E-state index contributed by atoms with van der Waals surface area (Å²) in [6.45, 7) is 5.95. The number of hydrogen-bond acceptors (Lipinski definition) is 6. The number of benzene rings is 1. The number of likely N-dealkylation sites (tertiary alicyclic amines) is 2. The van der Waals surface area contributed by atoms with Gasteiger partial charge >= 0.3 is 0 Å². The first-order valence-corrected chi connectivity index (χ1v) is 9.35. The van der Waals surface area contributed by atoms with Crippen LogP contribution in [0.1, 0.15) is 33.6 Å². The van der Waals surface area contributed by atoms with Crippen molar-refractivity contribution < 1.29 is 18.8 Å². The Hall–Kier alpha value is -2.74.